The molecule has 38 heavy (non-hydrogen) atoms. The summed E-state index contributed by atoms with van der Waals surface area (Å²) >= 11 is 0. The molecule has 0 aliphatic rings. The number of benzene rings is 5. The molecule has 0 saturated heterocycles. The molecule has 4 heteroatoms. The van der Waals surface area contributed by atoms with Gasteiger partial charge in [-0.15, -0.1) is 0 Å². The lowest BCUT2D eigenvalue weighted by Crippen LogP contribution is -2.40. The monoisotopic (exact) mass is 517 g/mol. The molecule has 1 N–H and O–H groups in total. The molecular weight excluding hydrogens is 483 g/mol. The maximum atomic E-state index is 13.1. The predicted molar refractivity (Wildman–Crippen MR) is 165 cm³/mol. The number of amides is 1. The number of carbonyl (C=O) groups excluding carboxylic acids is 1. The van der Waals surface area contributed by atoms with Gasteiger partial charge in [0.1, 0.15) is 23.2 Å². The van der Waals surface area contributed by atoms with Crippen LogP contribution >= 0.6 is 7.26 Å². The van der Waals surface area contributed by atoms with Crippen molar-refractivity contribution in [2.45, 2.75) is 6.92 Å². The van der Waals surface area contributed by atoms with E-state index in [1.165, 1.54) is 32.2 Å². The van der Waals surface area contributed by atoms with Gasteiger partial charge in [0.05, 0.1) is 19.3 Å². The maximum Gasteiger partial charge on any atom is 0.239 e. The van der Waals surface area contributed by atoms with Crippen LogP contribution in [-0.4, -0.2) is 32.2 Å². The maximum absolute atomic E-state index is 13.1. The zero-order valence-electron chi connectivity index (χ0n) is 22.0. The molecule has 0 saturated carbocycles. The van der Waals surface area contributed by atoms with E-state index in [-0.39, 0.29) is 5.91 Å². The van der Waals surface area contributed by atoms with Crippen LogP contribution in [0.15, 0.2) is 127 Å². The number of nitrogens with one attached hydrogen (secondary N) is 1. The number of anilines is 1. The number of carbonyl (C=O) groups is 1. The summed E-state index contributed by atoms with van der Waals surface area (Å²) in [6.45, 7) is 3.02. The minimum atomic E-state index is -1.96. The Morgan fingerprint density at radius 3 is 1.74 bits per heavy atom. The molecule has 3 nitrogen and oxygen atoms in total. The van der Waals surface area contributed by atoms with Crippen molar-refractivity contribution in [3.63, 3.8) is 0 Å². The van der Waals surface area contributed by atoms with E-state index >= 15 is 0 Å². The predicted octanol–water partition coefficient (Wildman–Crippen LogP) is 5.69. The zero-order chi connectivity index (χ0) is 26.4. The van der Waals surface area contributed by atoms with E-state index in [1.807, 2.05) is 11.9 Å². The van der Waals surface area contributed by atoms with Crippen LogP contribution in [-0.2, 0) is 4.79 Å². The summed E-state index contributed by atoms with van der Waals surface area (Å²) in [4.78, 5) is 15.1. The fraction of sp³-hybridized carbons (Fsp3) is 0.147. The van der Waals surface area contributed by atoms with E-state index in [0.29, 0.717) is 13.1 Å². The molecule has 0 radical (unpaired) electrons. The summed E-state index contributed by atoms with van der Waals surface area (Å²) in [7, 11) is 0.0147. The topological polar surface area (TPSA) is 32.3 Å². The summed E-state index contributed by atoms with van der Waals surface area (Å²) in [6, 6.07) is 45.2. The number of nitrogens with zero attached hydrogens (tertiary/aromatic N) is 1. The van der Waals surface area contributed by atoms with Crippen molar-refractivity contribution in [3.05, 3.63) is 133 Å². The fourth-order valence-electron chi connectivity index (χ4n) is 5.20. The van der Waals surface area contributed by atoms with Crippen LogP contribution < -0.4 is 26.1 Å². The second kappa shape index (κ2) is 11.6. The third-order valence-electron chi connectivity index (χ3n) is 7.16. The van der Waals surface area contributed by atoms with Gasteiger partial charge in [0.2, 0.25) is 5.91 Å². The Bertz CT molecular complexity index is 1410. The molecule has 0 bridgehead atoms. The first-order valence-corrected chi connectivity index (χ1v) is 15.1. The minimum Gasteiger partial charge on any atom is -0.365 e. The molecule has 0 heterocycles. The summed E-state index contributed by atoms with van der Waals surface area (Å²) in [5, 5.41) is 9.63. The van der Waals surface area contributed by atoms with Gasteiger partial charge in [0, 0.05) is 12.7 Å². The largest absolute Gasteiger partial charge is 0.365 e. The summed E-state index contributed by atoms with van der Waals surface area (Å²) in [6.07, 6.45) is 0.857. The first-order chi connectivity index (χ1) is 18.6. The average molecular weight is 518 g/mol. The van der Waals surface area contributed by atoms with E-state index in [4.69, 9.17) is 0 Å². The third-order valence-corrected chi connectivity index (χ3v) is 11.6. The van der Waals surface area contributed by atoms with E-state index in [9.17, 15) is 4.79 Å². The molecule has 0 spiro atoms. The van der Waals surface area contributed by atoms with Gasteiger partial charge in [-0.1, -0.05) is 84.4 Å². The highest BCUT2D eigenvalue weighted by atomic mass is 31.2. The van der Waals surface area contributed by atoms with Crippen LogP contribution in [0, 0.1) is 6.92 Å². The van der Waals surface area contributed by atoms with Gasteiger partial charge in [-0.3, -0.25) is 4.79 Å². The molecule has 5 rings (SSSR count). The number of fused-ring (bicyclic) bond motifs is 1. The molecule has 0 fully saturated rings. The molecule has 5 aromatic rings. The molecule has 0 aliphatic heterocycles. The second-order valence-corrected chi connectivity index (χ2v) is 13.4. The lowest BCUT2D eigenvalue weighted by Gasteiger charge is -2.28. The van der Waals surface area contributed by atoms with Gasteiger partial charge in [-0.05, 0) is 66.2 Å². The highest BCUT2D eigenvalue weighted by Crippen LogP contribution is 2.54. The van der Waals surface area contributed by atoms with Crippen molar-refractivity contribution < 1.29 is 4.79 Å². The van der Waals surface area contributed by atoms with E-state index in [1.54, 1.807) is 0 Å². The Hall–Kier alpha value is -3.94. The van der Waals surface area contributed by atoms with Crippen molar-refractivity contribution in [2.75, 3.05) is 31.2 Å². The van der Waals surface area contributed by atoms with Crippen molar-refractivity contribution >= 4 is 45.5 Å². The van der Waals surface area contributed by atoms with Gasteiger partial charge in [0.25, 0.3) is 0 Å². The Balaban J connectivity index is 1.35. The molecule has 0 aliphatic carbocycles. The molecular formula is C34H34N2OP+. The normalized spacial score (nSPS) is 11.3. The Morgan fingerprint density at radius 1 is 0.684 bits per heavy atom. The minimum absolute atomic E-state index is 0.0313. The smallest absolute Gasteiger partial charge is 0.239 e. The highest BCUT2D eigenvalue weighted by molar-refractivity contribution is 7.95. The van der Waals surface area contributed by atoms with Crippen molar-refractivity contribution in [1.29, 1.82) is 0 Å². The average Bonchev–Trinajstić information content (AvgIpc) is 2.96. The lowest BCUT2D eigenvalue weighted by molar-refractivity contribution is -0.119. The standard InChI is InChI=1S/C34H33N2OP/c1-27-18-19-29-25-30(21-20-28(29)24-27)36(2)26-34(37)35-22-23-38(31-12-6-3-7-13-31,32-14-8-4-9-15-32)33-16-10-5-11-17-33/h3-21,24-25H,22-23,26H2,1-2H3/p+1. The quantitative estimate of drug-likeness (QED) is 0.255. The number of hydrogen-bond acceptors (Lipinski definition) is 2. The zero-order valence-corrected chi connectivity index (χ0v) is 22.9. The molecule has 190 valence electrons. The number of aryl methyl sites for hydroxylation is 1. The number of hydrogen-bond donors (Lipinski definition) is 1. The van der Waals surface area contributed by atoms with Gasteiger partial charge >= 0.3 is 0 Å². The first kappa shape index (κ1) is 25.7. The molecule has 0 unspecified atom stereocenters. The number of rotatable bonds is 9. The van der Waals surface area contributed by atoms with Gasteiger partial charge in [0.15, 0.2) is 0 Å². The highest BCUT2D eigenvalue weighted by Gasteiger charge is 2.44. The van der Waals surface area contributed by atoms with Crippen molar-refractivity contribution in [1.82, 2.24) is 5.32 Å². The van der Waals surface area contributed by atoms with Crippen LogP contribution in [0.3, 0.4) is 0 Å². The summed E-state index contributed by atoms with van der Waals surface area (Å²) < 4.78 is 0. The van der Waals surface area contributed by atoms with E-state index in [0.717, 1.165) is 11.8 Å². The number of likely N-dealkylation sites (N-methyl/N-ethyl adjacent to an activating group) is 1. The molecule has 0 atom stereocenters. The third kappa shape index (κ3) is 5.49. The van der Waals surface area contributed by atoms with Crippen molar-refractivity contribution in [2.24, 2.45) is 0 Å². The van der Waals surface area contributed by atoms with Gasteiger partial charge in [-0.2, -0.15) is 0 Å². The summed E-state index contributed by atoms with van der Waals surface area (Å²) in [5.41, 5.74) is 2.29. The first-order valence-electron chi connectivity index (χ1n) is 13.1. The molecule has 1 amide bonds. The second-order valence-electron chi connectivity index (χ2n) is 9.78. The van der Waals surface area contributed by atoms with Crippen LogP contribution in [0.25, 0.3) is 10.8 Å². The lowest BCUT2D eigenvalue weighted by atomic mass is 10.1. The Labute approximate surface area is 226 Å². The van der Waals surface area contributed by atoms with Crippen molar-refractivity contribution in [3.8, 4) is 0 Å². The Kier molecular flexibility index (Phi) is 7.86. The van der Waals surface area contributed by atoms with Gasteiger partial charge < -0.3 is 10.2 Å². The summed E-state index contributed by atoms with van der Waals surface area (Å²) in [5.74, 6) is 0.0313. The SMILES string of the molecule is Cc1ccc2cc(N(C)CC(=O)NCC[P+](c3ccccc3)(c3ccccc3)c3ccccc3)ccc2c1. The Morgan fingerprint density at radius 2 is 1.18 bits per heavy atom. The molecule has 5 aromatic carbocycles. The van der Waals surface area contributed by atoms with Gasteiger partial charge in [-0.25, -0.2) is 0 Å². The van der Waals surface area contributed by atoms with Crippen LogP contribution in [0.5, 0.6) is 0 Å². The van der Waals surface area contributed by atoms with Crippen LogP contribution in [0.4, 0.5) is 5.69 Å². The molecule has 0 aromatic heterocycles. The van der Waals surface area contributed by atoms with E-state index in [2.05, 4.69) is 140 Å². The fourth-order valence-corrected chi connectivity index (χ4v) is 9.36. The van der Waals surface area contributed by atoms with Crippen LogP contribution in [0.1, 0.15) is 5.56 Å². The van der Waals surface area contributed by atoms with Crippen LogP contribution in [0.2, 0.25) is 0 Å². The van der Waals surface area contributed by atoms with E-state index < -0.39 is 7.26 Å².